The van der Waals surface area contributed by atoms with Crippen LogP contribution in [0.3, 0.4) is 0 Å². The van der Waals surface area contributed by atoms with E-state index in [9.17, 15) is 19.2 Å². The molecule has 13 heteroatoms. The van der Waals surface area contributed by atoms with Gasteiger partial charge in [0.2, 0.25) is 0 Å². The molecule has 5 amide bonds. The number of ether oxygens (including phenoxy) is 2. The molecule has 0 atom stereocenters. The fourth-order valence-corrected chi connectivity index (χ4v) is 4.40. The van der Waals surface area contributed by atoms with E-state index in [-0.39, 0.29) is 32.8 Å². The molecule has 1 fully saturated rings. The highest BCUT2D eigenvalue weighted by Crippen LogP contribution is 2.37. The van der Waals surface area contributed by atoms with E-state index in [0.29, 0.717) is 21.3 Å². The van der Waals surface area contributed by atoms with Crippen molar-refractivity contribution in [3.63, 3.8) is 0 Å². The summed E-state index contributed by atoms with van der Waals surface area (Å²) < 4.78 is 10.9. The first kappa shape index (κ1) is 29.2. The van der Waals surface area contributed by atoms with Crippen LogP contribution in [0.15, 0.2) is 54.1 Å². The minimum atomic E-state index is -0.912. The number of rotatable bonds is 7. The number of halogens is 4. The smallest absolute Gasteiger partial charge is 0.335 e. The quantitative estimate of drug-likeness (QED) is 0.236. The summed E-state index contributed by atoms with van der Waals surface area (Å²) in [4.78, 5) is 51.4. The molecule has 9 nitrogen and oxygen atoms in total. The Bertz CT molecular complexity index is 1590. The van der Waals surface area contributed by atoms with Gasteiger partial charge in [0.1, 0.15) is 5.57 Å². The van der Waals surface area contributed by atoms with Crippen molar-refractivity contribution < 1.29 is 28.7 Å². The highest BCUT2D eigenvalue weighted by Gasteiger charge is 2.37. The molecule has 0 radical (unpaired) electrons. The summed E-state index contributed by atoms with van der Waals surface area (Å²) in [6.45, 7) is 1.35. The second kappa shape index (κ2) is 12.2. The summed E-state index contributed by atoms with van der Waals surface area (Å²) in [7, 11) is 1.35. The summed E-state index contributed by atoms with van der Waals surface area (Å²) in [5, 5.41) is 5.76. The predicted octanol–water partition coefficient (Wildman–Crippen LogP) is 6.30. The van der Waals surface area contributed by atoms with Gasteiger partial charge in [-0.1, -0.05) is 52.5 Å². The molecule has 206 valence electrons. The topological polar surface area (TPSA) is 114 Å². The lowest BCUT2D eigenvalue weighted by molar-refractivity contribution is -0.122. The van der Waals surface area contributed by atoms with Crippen molar-refractivity contribution in [2.24, 2.45) is 0 Å². The average molecular weight is 623 g/mol. The maximum atomic E-state index is 13.2. The molecule has 0 unspecified atom stereocenters. The third-order valence-corrected chi connectivity index (χ3v) is 7.06. The highest BCUT2D eigenvalue weighted by molar-refractivity contribution is 6.42. The second-order valence-corrected chi connectivity index (χ2v) is 10.0. The molecule has 4 rings (SSSR count). The van der Waals surface area contributed by atoms with Crippen LogP contribution in [0.2, 0.25) is 20.1 Å². The first-order valence-electron chi connectivity index (χ1n) is 11.4. The Morgan fingerprint density at radius 2 is 1.70 bits per heavy atom. The number of benzene rings is 3. The second-order valence-electron chi connectivity index (χ2n) is 8.39. The first-order chi connectivity index (χ1) is 19.0. The van der Waals surface area contributed by atoms with Crippen LogP contribution in [0.4, 0.5) is 16.2 Å². The molecular formula is C27H19Cl4N3O6. The minimum Gasteiger partial charge on any atom is -0.493 e. The van der Waals surface area contributed by atoms with Gasteiger partial charge in [-0.2, -0.15) is 0 Å². The Labute approximate surface area is 248 Å². The number of amides is 5. The number of urea groups is 1. The molecule has 0 bridgehead atoms. The predicted molar refractivity (Wildman–Crippen MR) is 154 cm³/mol. The molecule has 0 aromatic heterocycles. The number of imide groups is 2. The number of aryl methyl sites for hydroxylation is 1. The van der Waals surface area contributed by atoms with E-state index in [1.807, 2.05) is 0 Å². The van der Waals surface area contributed by atoms with Gasteiger partial charge >= 0.3 is 6.03 Å². The number of anilines is 2. The summed E-state index contributed by atoms with van der Waals surface area (Å²) in [5.41, 5.74) is 1.32. The molecule has 1 heterocycles. The van der Waals surface area contributed by atoms with E-state index < -0.39 is 30.4 Å². The largest absolute Gasteiger partial charge is 0.493 e. The van der Waals surface area contributed by atoms with Gasteiger partial charge in [0.15, 0.2) is 18.1 Å². The van der Waals surface area contributed by atoms with Crippen LogP contribution >= 0.6 is 46.4 Å². The van der Waals surface area contributed by atoms with Gasteiger partial charge < -0.3 is 14.8 Å². The maximum absolute atomic E-state index is 13.2. The lowest BCUT2D eigenvalue weighted by Crippen LogP contribution is -2.54. The number of barbiturate groups is 1. The Hall–Kier alpha value is -3.76. The molecule has 1 saturated heterocycles. The number of hydrogen-bond acceptors (Lipinski definition) is 6. The summed E-state index contributed by atoms with van der Waals surface area (Å²) in [5.74, 6) is -2.07. The van der Waals surface area contributed by atoms with Gasteiger partial charge in [0.05, 0.1) is 27.9 Å². The van der Waals surface area contributed by atoms with E-state index in [1.54, 1.807) is 19.1 Å². The molecule has 2 N–H and O–H groups in total. The van der Waals surface area contributed by atoms with E-state index in [0.717, 1.165) is 10.5 Å². The van der Waals surface area contributed by atoms with E-state index in [2.05, 4.69) is 10.6 Å². The van der Waals surface area contributed by atoms with Crippen LogP contribution in [0.25, 0.3) is 6.08 Å². The third kappa shape index (κ3) is 6.34. The maximum Gasteiger partial charge on any atom is 0.335 e. The van der Waals surface area contributed by atoms with Crippen molar-refractivity contribution in [3.05, 3.63) is 85.3 Å². The Kier molecular flexibility index (Phi) is 8.90. The SMILES string of the molecule is COc1cc(/C=C2\C(=O)NC(=O)N(c3ccc(C)c(Cl)c3)C2=O)cc(Cl)c1OCC(=O)Nc1ccc(Cl)c(Cl)c1. The molecule has 3 aromatic carbocycles. The van der Waals surface area contributed by atoms with Crippen molar-refractivity contribution in [1.82, 2.24) is 5.32 Å². The normalized spacial score (nSPS) is 14.3. The fourth-order valence-electron chi connectivity index (χ4n) is 3.65. The lowest BCUT2D eigenvalue weighted by Gasteiger charge is -2.26. The molecule has 1 aliphatic rings. The number of nitrogens with one attached hydrogen (secondary N) is 2. The number of methoxy groups -OCH3 is 1. The molecule has 0 spiro atoms. The Morgan fingerprint density at radius 3 is 2.38 bits per heavy atom. The molecule has 1 aliphatic heterocycles. The third-order valence-electron chi connectivity index (χ3n) is 5.63. The zero-order chi connectivity index (χ0) is 29.1. The van der Waals surface area contributed by atoms with Crippen molar-refractivity contribution in [2.75, 3.05) is 23.9 Å². The van der Waals surface area contributed by atoms with E-state index in [1.165, 1.54) is 49.6 Å². The fraction of sp³-hybridized carbons (Fsp3) is 0.111. The van der Waals surface area contributed by atoms with Gasteiger partial charge in [-0.25, -0.2) is 9.69 Å². The summed E-state index contributed by atoms with van der Waals surface area (Å²) >= 11 is 24.4. The van der Waals surface area contributed by atoms with Crippen LogP contribution in [-0.2, 0) is 14.4 Å². The van der Waals surface area contributed by atoms with Gasteiger partial charge in [-0.05, 0) is 66.6 Å². The van der Waals surface area contributed by atoms with Gasteiger partial charge in [0.25, 0.3) is 17.7 Å². The van der Waals surface area contributed by atoms with Gasteiger partial charge in [-0.15, -0.1) is 0 Å². The Balaban J connectivity index is 1.56. The standard InChI is InChI=1S/C27H19Cl4N3O6/c1-13-3-5-16(11-19(13)29)34-26(37)17(25(36)33-27(34)38)7-14-8-21(31)24(22(9-14)39-2)40-12-23(35)32-15-4-6-18(28)20(30)10-15/h3-11H,12H2,1-2H3,(H,32,35)(H,33,36,38)/b17-7+. The molecule has 0 aliphatic carbocycles. The number of hydrogen-bond donors (Lipinski definition) is 2. The van der Waals surface area contributed by atoms with Crippen molar-refractivity contribution in [3.8, 4) is 11.5 Å². The highest BCUT2D eigenvalue weighted by atomic mass is 35.5. The summed E-state index contributed by atoms with van der Waals surface area (Å²) in [6, 6.07) is 11.2. The zero-order valence-electron chi connectivity index (χ0n) is 20.8. The lowest BCUT2D eigenvalue weighted by atomic mass is 10.1. The molecule has 40 heavy (non-hydrogen) atoms. The van der Waals surface area contributed by atoms with Crippen LogP contribution in [-0.4, -0.2) is 37.5 Å². The van der Waals surface area contributed by atoms with Gasteiger partial charge in [0, 0.05) is 10.7 Å². The van der Waals surface area contributed by atoms with Crippen molar-refractivity contribution in [1.29, 1.82) is 0 Å². The van der Waals surface area contributed by atoms with Crippen molar-refractivity contribution in [2.45, 2.75) is 6.92 Å². The first-order valence-corrected chi connectivity index (χ1v) is 12.9. The molecule has 0 saturated carbocycles. The number of carbonyl (C=O) groups is 4. The minimum absolute atomic E-state index is 0.0375. The summed E-state index contributed by atoms with van der Waals surface area (Å²) in [6.07, 6.45) is 1.25. The van der Waals surface area contributed by atoms with Crippen LogP contribution in [0, 0.1) is 6.92 Å². The van der Waals surface area contributed by atoms with E-state index in [4.69, 9.17) is 55.9 Å². The Morgan fingerprint density at radius 1 is 0.950 bits per heavy atom. The van der Waals surface area contributed by atoms with Crippen LogP contribution in [0.1, 0.15) is 11.1 Å². The van der Waals surface area contributed by atoms with E-state index >= 15 is 0 Å². The van der Waals surface area contributed by atoms with Crippen molar-refractivity contribution >= 4 is 87.6 Å². The average Bonchev–Trinajstić information content (AvgIpc) is 2.89. The molecular weight excluding hydrogens is 604 g/mol. The number of nitrogens with zero attached hydrogens (tertiary/aromatic N) is 1. The van der Waals surface area contributed by atoms with Crippen LogP contribution in [0.5, 0.6) is 11.5 Å². The number of carbonyl (C=O) groups excluding carboxylic acids is 4. The zero-order valence-corrected chi connectivity index (χ0v) is 23.8. The monoisotopic (exact) mass is 621 g/mol. The van der Waals surface area contributed by atoms with Gasteiger partial charge in [-0.3, -0.25) is 19.7 Å². The molecule has 3 aromatic rings. The van der Waals surface area contributed by atoms with Crippen LogP contribution < -0.4 is 25.0 Å².